The highest BCUT2D eigenvalue weighted by Crippen LogP contribution is 2.12. The first-order valence-electron chi connectivity index (χ1n) is 4.00. The normalized spacial score (nSPS) is 10.5. The number of benzene rings is 1. The second-order valence-corrected chi connectivity index (χ2v) is 3.03. The maximum Gasteiger partial charge on any atom is 0.352 e. The summed E-state index contributed by atoms with van der Waals surface area (Å²) in [7, 11) is 1.95. The van der Waals surface area contributed by atoms with Crippen LogP contribution in [0.3, 0.4) is 0 Å². The molecule has 2 N–H and O–H groups in total. The number of nitrogens with one attached hydrogen (secondary N) is 1. The average Bonchev–Trinajstić information content (AvgIpc) is 2.49. The number of aromatic amines is 1. The molecule has 0 saturated heterocycles. The van der Waals surface area contributed by atoms with E-state index < -0.39 is 5.97 Å². The van der Waals surface area contributed by atoms with Gasteiger partial charge in [-0.25, -0.2) is 4.79 Å². The minimum atomic E-state index is -0.921. The van der Waals surface area contributed by atoms with Crippen LogP contribution in [0.5, 0.6) is 0 Å². The summed E-state index contributed by atoms with van der Waals surface area (Å²) in [5.74, 6) is -0.921. The molecule has 0 radical (unpaired) electrons. The number of hydrogen-bond acceptors (Lipinski definition) is 1. The van der Waals surface area contributed by atoms with Gasteiger partial charge in [0.15, 0.2) is 0 Å². The fraction of sp³-hybridized carbons (Fsp3) is 0. The molecule has 1 aromatic carbocycles. The second kappa shape index (κ2) is 2.66. The number of carbonyl (C=O) groups is 1. The van der Waals surface area contributed by atoms with Gasteiger partial charge in [0.2, 0.25) is 0 Å². The molecule has 0 saturated carbocycles. The number of aromatic nitrogens is 1. The molecule has 0 fully saturated rings. The Labute approximate surface area is 75.8 Å². The highest BCUT2D eigenvalue weighted by Gasteiger charge is 2.07. The van der Waals surface area contributed by atoms with Crippen molar-refractivity contribution >= 4 is 30.2 Å². The lowest BCUT2D eigenvalue weighted by Crippen LogP contribution is -2.03. The lowest BCUT2D eigenvalue weighted by Gasteiger charge is -1.93. The largest absolute Gasteiger partial charge is 0.477 e. The van der Waals surface area contributed by atoms with E-state index in [2.05, 4.69) is 4.98 Å². The van der Waals surface area contributed by atoms with Gasteiger partial charge in [-0.1, -0.05) is 23.7 Å². The molecule has 2 aromatic rings. The van der Waals surface area contributed by atoms with E-state index in [1.54, 1.807) is 6.07 Å². The van der Waals surface area contributed by atoms with Crippen LogP contribution in [-0.2, 0) is 0 Å². The van der Waals surface area contributed by atoms with E-state index >= 15 is 0 Å². The van der Waals surface area contributed by atoms with E-state index in [1.165, 1.54) is 0 Å². The van der Waals surface area contributed by atoms with Gasteiger partial charge < -0.3 is 10.1 Å². The van der Waals surface area contributed by atoms with E-state index in [9.17, 15) is 4.79 Å². The Hall–Kier alpha value is -1.71. The van der Waals surface area contributed by atoms with Crippen LogP contribution in [0.1, 0.15) is 10.5 Å². The summed E-state index contributed by atoms with van der Waals surface area (Å²) in [6.45, 7) is 0. The van der Waals surface area contributed by atoms with Crippen molar-refractivity contribution in [2.24, 2.45) is 0 Å². The number of aromatic carboxylic acids is 1. The zero-order chi connectivity index (χ0) is 9.42. The summed E-state index contributed by atoms with van der Waals surface area (Å²) in [5.41, 5.74) is 2.20. The number of hydrogen-bond donors (Lipinski definition) is 2. The monoisotopic (exact) mass is 173 g/mol. The Balaban J connectivity index is 2.75. The van der Waals surface area contributed by atoms with Crippen molar-refractivity contribution in [2.45, 2.75) is 0 Å². The van der Waals surface area contributed by atoms with Crippen LogP contribution < -0.4 is 5.46 Å². The summed E-state index contributed by atoms with van der Waals surface area (Å²) in [5, 5.41) is 9.69. The van der Waals surface area contributed by atoms with Crippen molar-refractivity contribution in [1.29, 1.82) is 0 Å². The zero-order valence-electron chi connectivity index (χ0n) is 7.16. The molecule has 1 aromatic heterocycles. The fourth-order valence-electron chi connectivity index (χ4n) is 1.42. The van der Waals surface area contributed by atoms with Crippen LogP contribution in [0.25, 0.3) is 10.9 Å². The van der Waals surface area contributed by atoms with E-state index in [0.29, 0.717) is 0 Å². The van der Waals surface area contributed by atoms with Crippen molar-refractivity contribution in [3.63, 3.8) is 0 Å². The first-order chi connectivity index (χ1) is 6.18. The van der Waals surface area contributed by atoms with Gasteiger partial charge in [-0.05, 0) is 11.5 Å². The summed E-state index contributed by atoms with van der Waals surface area (Å²) >= 11 is 0. The summed E-state index contributed by atoms with van der Waals surface area (Å²) in [6, 6.07) is 7.40. The SMILES string of the molecule is Bc1cccc2cc(C(=O)O)[nH]c12. The lowest BCUT2D eigenvalue weighted by atomic mass is 9.94. The fourth-order valence-corrected chi connectivity index (χ4v) is 1.42. The van der Waals surface area contributed by atoms with Gasteiger partial charge in [0.1, 0.15) is 13.5 Å². The Morgan fingerprint density at radius 3 is 2.85 bits per heavy atom. The predicted molar refractivity (Wildman–Crippen MR) is 53.4 cm³/mol. The minimum Gasteiger partial charge on any atom is -0.477 e. The molecule has 3 nitrogen and oxygen atoms in total. The maximum atomic E-state index is 10.7. The standard InChI is InChI=1S/C9H8BNO2/c10-6-3-1-2-5-4-7(9(12)13)11-8(5)6/h1-4,11H,10H2,(H,12,13). The van der Waals surface area contributed by atoms with Crippen LogP contribution in [0, 0.1) is 0 Å². The molecule has 0 spiro atoms. The molecule has 0 amide bonds. The van der Waals surface area contributed by atoms with Crippen LogP contribution in [0.4, 0.5) is 0 Å². The molecule has 2 rings (SSSR count). The molecule has 4 heteroatoms. The molecule has 0 aliphatic heterocycles. The van der Waals surface area contributed by atoms with Gasteiger partial charge >= 0.3 is 5.97 Å². The molecule has 0 unspecified atom stereocenters. The third-order valence-electron chi connectivity index (χ3n) is 2.09. The Bertz CT molecular complexity index is 475. The Kier molecular flexibility index (Phi) is 1.62. The van der Waals surface area contributed by atoms with E-state index in [0.717, 1.165) is 16.4 Å². The molecule has 1 heterocycles. The van der Waals surface area contributed by atoms with Gasteiger partial charge in [-0.2, -0.15) is 0 Å². The van der Waals surface area contributed by atoms with Gasteiger partial charge in [-0.15, -0.1) is 0 Å². The van der Waals surface area contributed by atoms with Crippen LogP contribution in [-0.4, -0.2) is 23.9 Å². The average molecular weight is 173 g/mol. The molecule has 0 atom stereocenters. The quantitative estimate of drug-likeness (QED) is 0.602. The Morgan fingerprint density at radius 1 is 1.46 bits per heavy atom. The number of H-pyrrole nitrogens is 1. The number of para-hydroxylation sites is 1. The second-order valence-electron chi connectivity index (χ2n) is 3.03. The van der Waals surface area contributed by atoms with Crippen molar-refractivity contribution in [2.75, 3.05) is 0 Å². The highest BCUT2D eigenvalue weighted by atomic mass is 16.4. The lowest BCUT2D eigenvalue weighted by molar-refractivity contribution is 0.0691. The van der Waals surface area contributed by atoms with E-state index in [-0.39, 0.29) is 5.69 Å². The number of fused-ring (bicyclic) bond motifs is 1. The topological polar surface area (TPSA) is 53.1 Å². The first-order valence-corrected chi connectivity index (χ1v) is 4.00. The summed E-state index contributed by atoms with van der Waals surface area (Å²) < 4.78 is 0. The Morgan fingerprint density at radius 2 is 2.23 bits per heavy atom. The first kappa shape index (κ1) is 7.92. The van der Waals surface area contributed by atoms with Gasteiger partial charge in [-0.3, -0.25) is 0 Å². The summed E-state index contributed by atoms with van der Waals surface area (Å²) in [6.07, 6.45) is 0. The zero-order valence-corrected chi connectivity index (χ0v) is 7.16. The van der Waals surface area contributed by atoms with Gasteiger partial charge in [0.25, 0.3) is 0 Å². The van der Waals surface area contributed by atoms with Gasteiger partial charge in [0, 0.05) is 5.52 Å². The van der Waals surface area contributed by atoms with Crippen molar-refractivity contribution < 1.29 is 9.90 Å². The minimum absolute atomic E-state index is 0.240. The third kappa shape index (κ3) is 1.20. The predicted octanol–water partition coefficient (Wildman–Crippen LogP) is 0.125. The van der Waals surface area contributed by atoms with Gasteiger partial charge in [0.05, 0.1) is 0 Å². The molecule has 0 aliphatic carbocycles. The van der Waals surface area contributed by atoms with Crippen LogP contribution in [0.2, 0.25) is 0 Å². The number of rotatable bonds is 1. The molecule has 0 aliphatic rings. The number of carboxylic acid groups (broad SMARTS) is 1. The summed E-state index contributed by atoms with van der Waals surface area (Å²) in [4.78, 5) is 13.5. The molecular formula is C9H8BNO2. The molecule has 64 valence electrons. The van der Waals surface area contributed by atoms with Crippen molar-refractivity contribution in [1.82, 2.24) is 4.98 Å². The van der Waals surface area contributed by atoms with E-state index in [4.69, 9.17) is 5.11 Å². The van der Waals surface area contributed by atoms with Crippen LogP contribution in [0.15, 0.2) is 24.3 Å². The van der Waals surface area contributed by atoms with Crippen molar-refractivity contribution in [3.8, 4) is 0 Å². The van der Waals surface area contributed by atoms with Crippen molar-refractivity contribution in [3.05, 3.63) is 30.0 Å². The third-order valence-corrected chi connectivity index (χ3v) is 2.09. The smallest absolute Gasteiger partial charge is 0.352 e. The molecule has 13 heavy (non-hydrogen) atoms. The van der Waals surface area contributed by atoms with E-state index in [1.807, 2.05) is 26.0 Å². The highest BCUT2D eigenvalue weighted by molar-refractivity contribution is 6.38. The molecular weight excluding hydrogens is 165 g/mol. The maximum absolute atomic E-state index is 10.7. The number of carboxylic acids is 1. The van der Waals surface area contributed by atoms with Crippen LogP contribution >= 0.6 is 0 Å². The molecule has 0 bridgehead atoms.